The van der Waals surface area contributed by atoms with E-state index in [1.807, 2.05) is 0 Å². The van der Waals surface area contributed by atoms with E-state index in [1.165, 1.54) is 18.2 Å². The first-order valence-corrected chi connectivity index (χ1v) is 6.80. The number of carbonyl (C=O) groups is 1. The van der Waals surface area contributed by atoms with Gasteiger partial charge in [-0.1, -0.05) is 11.6 Å². The van der Waals surface area contributed by atoms with Gasteiger partial charge in [0.2, 0.25) is 5.43 Å². The minimum absolute atomic E-state index is 0.109. The van der Waals surface area contributed by atoms with Crippen molar-refractivity contribution in [1.82, 2.24) is 4.98 Å². The molecule has 2 N–H and O–H groups in total. The average Bonchev–Trinajstić information content (AvgIpc) is 2.46. The molecule has 0 aliphatic carbocycles. The predicted octanol–water partition coefficient (Wildman–Crippen LogP) is 3.82. The van der Waals surface area contributed by atoms with Gasteiger partial charge in [-0.25, -0.2) is 13.6 Å². The average molecular weight is 336 g/mol. The first-order valence-electron chi connectivity index (χ1n) is 6.42. The lowest BCUT2D eigenvalue weighted by Crippen LogP contribution is -2.18. The molecule has 1 heterocycles. The quantitative estimate of drug-likeness (QED) is 0.748. The number of hydrogen-bond acceptors (Lipinski definition) is 2. The van der Waals surface area contributed by atoms with Gasteiger partial charge in [0.05, 0.1) is 11.2 Å². The van der Waals surface area contributed by atoms with Crippen molar-refractivity contribution >= 4 is 28.5 Å². The molecular formula is C16H8ClF2NO3. The molecule has 4 nitrogen and oxygen atoms in total. The van der Waals surface area contributed by atoms with Crippen LogP contribution in [0.5, 0.6) is 0 Å². The molecule has 0 radical (unpaired) electrons. The number of rotatable bonds is 2. The normalized spacial score (nSPS) is 10.9. The number of aromatic amines is 1. The van der Waals surface area contributed by atoms with Gasteiger partial charge >= 0.3 is 5.97 Å². The Morgan fingerprint density at radius 1 is 1.13 bits per heavy atom. The van der Waals surface area contributed by atoms with Crippen LogP contribution in [0.1, 0.15) is 10.4 Å². The highest BCUT2D eigenvalue weighted by Gasteiger charge is 2.21. The summed E-state index contributed by atoms with van der Waals surface area (Å²) >= 11 is 5.86. The highest BCUT2D eigenvalue weighted by atomic mass is 35.5. The van der Waals surface area contributed by atoms with E-state index >= 15 is 0 Å². The van der Waals surface area contributed by atoms with Gasteiger partial charge in [0.25, 0.3) is 0 Å². The van der Waals surface area contributed by atoms with Gasteiger partial charge in [0.15, 0.2) is 0 Å². The van der Waals surface area contributed by atoms with Gasteiger partial charge < -0.3 is 10.1 Å². The number of benzene rings is 2. The van der Waals surface area contributed by atoms with E-state index < -0.39 is 28.6 Å². The maximum atomic E-state index is 14.0. The van der Waals surface area contributed by atoms with Crippen molar-refractivity contribution in [2.75, 3.05) is 0 Å². The summed E-state index contributed by atoms with van der Waals surface area (Å²) in [4.78, 5) is 26.6. The van der Waals surface area contributed by atoms with Crippen molar-refractivity contribution in [3.8, 4) is 11.3 Å². The summed E-state index contributed by atoms with van der Waals surface area (Å²) in [6, 6.07) is 6.91. The summed E-state index contributed by atoms with van der Waals surface area (Å²) in [5.74, 6) is -3.30. The lowest BCUT2D eigenvalue weighted by molar-refractivity contribution is 0.0696. The fourth-order valence-corrected chi connectivity index (χ4v) is 2.53. The Hall–Kier alpha value is -2.73. The molecule has 0 bridgehead atoms. The third kappa shape index (κ3) is 2.57. The van der Waals surface area contributed by atoms with E-state index in [4.69, 9.17) is 11.6 Å². The Labute approximate surface area is 133 Å². The van der Waals surface area contributed by atoms with E-state index in [0.29, 0.717) is 11.1 Å². The maximum Gasteiger partial charge on any atom is 0.341 e. The number of aromatic nitrogens is 1. The van der Waals surface area contributed by atoms with Gasteiger partial charge in [0, 0.05) is 22.0 Å². The largest absolute Gasteiger partial charge is 0.477 e. The van der Waals surface area contributed by atoms with E-state index in [-0.39, 0.29) is 22.2 Å². The van der Waals surface area contributed by atoms with Crippen LogP contribution in [-0.4, -0.2) is 16.1 Å². The molecule has 7 heteroatoms. The number of fused-ring (bicyclic) bond motifs is 1. The Balaban J connectivity index is 2.45. The van der Waals surface area contributed by atoms with Crippen LogP contribution in [0, 0.1) is 11.6 Å². The third-order valence-corrected chi connectivity index (χ3v) is 3.61. The smallest absolute Gasteiger partial charge is 0.341 e. The number of aromatic carboxylic acids is 1. The van der Waals surface area contributed by atoms with Crippen molar-refractivity contribution in [2.45, 2.75) is 0 Å². The molecule has 0 atom stereocenters. The molecule has 0 fully saturated rings. The highest BCUT2D eigenvalue weighted by Crippen LogP contribution is 2.26. The van der Waals surface area contributed by atoms with Crippen LogP contribution in [0.2, 0.25) is 5.02 Å². The van der Waals surface area contributed by atoms with Gasteiger partial charge in [-0.2, -0.15) is 0 Å². The Kier molecular flexibility index (Phi) is 3.61. The predicted molar refractivity (Wildman–Crippen MR) is 81.9 cm³/mol. The number of carboxylic acids is 1. The lowest BCUT2D eigenvalue weighted by Gasteiger charge is -2.10. The second-order valence-corrected chi connectivity index (χ2v) is 5.26. The van der Waals surface area contributed by atoms with Crippen molar-refractivity contribution in [1.29, 1.82) is 0 Å². The molecule has 0 aliphatic rings. The lowest BCUT2D eigenvalue weighted by atomic mass is 10.0. The van der Waals surface area contributed by atoms with Crippen molar-refractivity contribution in [3.05, 3.63) is 68.8 Å². The molecule has 0 aliphatic heterocycles. The summed E-state index contributed by atoms with van der Waals surface area (Å²) < 4.78 is 27.1. The number of hydrogen-bond donors (Lipinski definition) is 2. The first kappa shape index (κ1) is 15.2. The highest BCUT2D eigenvalue weighted by molar-refractivity contribution is 6.31. The van der Waals surface area contributed by atoms with Crippen LogP contribution in [0.4, 0.5) is 8.78 Å². The molecule has 3 rings (SSSR count). The van der Waals surface area contributed by atoms with Gasteiger partial charge in [-0.15, -0.1) is 0 Å². The summed E-state index contributed by atoms with van der Waals surface area (Å²) in [6.07, 6.45) is 0. The minimum atomic E-state index is -1.51. The fraction of sp³-hybridized carbons (Fsp3) is 0. The number of H-pyrrole nitrogens is 1. The molecule has 116 valence electrons. The number of halogens is 3. The molecule has 0 saturated heterocycles. The summed E-state index contributed by atoms with van der Waals surface area (Å²) in [5, 5.41) is 9.76. The number of pyridine rings is 1. The van der Waals surface area contributed by atoms with E-state index in [2.05, 4.69) is 4.98 Å². The third-order valence-electron chi connectivity index (χ3n) is 3.38. The van der Waals surface area contributed by atoms with Gasteiger partial charge in [0.1, 0.15) is 17.2 Å². The summed E-state index contributed by atoms with van der Waals surface area (Å²) in [5.41, 5.74) is -1.60. The molecule has 0 spiro atoms. The Bertz CT molecular complexity index is 1010. The molecule has 1 aromatic heterocycles. The molecule has 3 aromatic rings. The zero-order chi connectivity index (χ0) is 16.7. The van der Waals surface area contributed by atoms with E-state index in [9.17, 15) is 23.5 Å². The monoisotopic (exact) mass is 335 g/mol. The van der Waals surface area contributed by atoms with Crippen LogP contribution in [0.15, 0.2) is 41.2 Å². The second-order valence-electron chi connectivity index (χ2n) is 4.82. The molecular weight excluding hydrogens is 328 g/mol. The topological polar surface area (TPSA) is 70.2 Å². The molecule has 0 unspecified atom stereocenters. The Morgan fingerprint density at radius 2 is 1.87 bits per heavy atom. The molecule has 23 heavy (non-hydrogen) atoms. The minimum Gasteiger partial charge on any atom is -0.477 e. The van der Waals surface area contributed by atoms with Crippen LogP contribution in [0.25, 0.3) is 22.2 Å². The molecule has 0 saturated carbocycles. The Morgan fingerprint density at radius 3 is 2.52 bits per heavy atom. The van der Waals surface area contributed by atoms with Crippen LogP contribution in [0.3, 0.4) is 0 Å². The zero-order valence-corrected chi connectivity index (χ0v) is 12.1. The van der Waals surface area contributed by atoms with E-state index in [1.54, 1.807) is 0 Å². The fourth-order valence-electron chi connectivity index (χ4n) is 2.36. The van der Waals surface area contributed by atoms with Crippen molar-refractivity contribution < 1.29 is 18.7 Å². The zero-order valence-electron chi connectivity index (χ0n) is 11.4. The maximum absolute atomic E-state index is 14.0. The second kappa shape index (κ2) is 5.48. The SMILES string of the molecule is O=C(O)c1c(-c2ccc(F)cc2F)[nH]c2cc(Cl)ccc2c1=O. The van der Waals surface area contributed by atoms with Crippen LogP contribution in [-0.2, 0) is 0 Å². The standard InChI is InChI=1S/C16H8ClF2NO3/c17-7-1-3-10-12(5-7)20-14(13(15(10)21)16(22)23)9-4-2-8(18)6-11(9)19/h1-6H,(H,20,21)(H,22,23). The summed E-state index contributed by atoms with van der Waals surface area (Å²) in [6.45, 7) is 0. The van der Waals surface area contributed by atoms with Crippen molar-refractivity contribution in [2.24, 2.45) is 0 Å². The number of nitrogens with one attached hydrogen (secondary N) is 1. The molecule has 2 aromatic carbocycles. The molecule has 0 amide bonds. The first-order chi connectivity index (χ1) is 10.9. The van der Waals surface area contributed by atoms with Gasteiger partial charge in [-0.05, 0) is 30.3 Å². The van der Waals surface area contributed by atoms with Gasteiger partial charge in [-0.3, -0.25) is 4.79 Å². The summed E-state index contributed by atoms with van der Waals surface area (Å²) in [7, 11) is 0. The van der Waals surface area contributed by atoms with Crippen LogP contribution < -0.4 is 5.43 Å². The van der Waals surface area contributed by atoms with Crippen molar-refractivity contribution in [3.63, 3.8) is 0 Å². The van der Waals surface area contributed by atoms with E-state index in [0.717, 1.165) is 12.1 Å². The van der Waals surface area contributed by atoms with Crippen LogP contribution >= 0.6 is 11.6 Å². The number of carboxylic acid groups (broad SMARTS) is 1.